The number of halogens is 1. The molecule has 0 radical (unpaired) electrons. The summed E-state index contributed by atoms with van der Waals surface area (Å²) in [4.78, 5) is 15.3. The summed E-state index contributed by atoms with van der Waals surface area (Å²) < 4.78 is 15.1. The van der Waals surface area contributed by atoms with Crippen LogP contribution >= 0.6 is 0 Å². The molecule has 2 aromatic carbocycles. The van der Waals surface area contributed by atoms with Gasteiger partial charge in [0.2, 0.25) is 0 Å². The molecular formula is C23H22FN5O. The van der Waals surface area contributed by atoms with Gasteiger partial charge < -0.3 is 4.90 Å². The third-order valence-electron chi connectivity index (χ3n) is 6.03. The molecule has 6 nitrogen and oxygen atoms in total. The van der Waals surface area contributed by atoms with Gasteiger partial charge in [0.05, 0.1) is 12.1 Å². The fourth-order valence-corrected chi connectivity index (χ4v) is 4.52. The number of nitrogens with zero attached hydrogens (tertiary/aromatic N) is 5. The van der Waals surface area contributed by atoms with Crippen molar-refractivity contribution in [1.29, 1.82) is 0 Å². The highest BCUT2D eigenvalue weighted by atomic mass is 19.1. The SMILES string of the molecule is Cc1cccc2cc(CN(C(=O)c3ccc(F)cc3)C3CCCC3)c3nnnn3c12. The summed E-state index contributed by atoms with van der Waals surface area (Å²) in [6.07, 6.45) is 4.16. The maximum atomic E-state index is 13.4. The first-order valence-corrected chi connectivity index (χ1v) is 10.3. The van der Waals surface area contributed by atoms with E-state index in [1.54, 1.807) is 16.6 Å². The molecule has 0 aliphatic heterocycles. The average Bonchev–Trinajstić information content (AvgIpc) is 3.44. The molecule has 1 aliphatic carbocycles. The number of aryl methyl sites for hydroxylation is 1. The van der Waals surface area contributed by atoms with Crippen LogP contribution in [-0.4, -0.2) is 36.9 Å². The monoisotopic (exact) mass is 403 g/mol. The van der Waals surface area contributed by atoms with E-state index in [1.807, 2.05) is 30.0 Å². The lowest BCUT2D eigenvalue weighted by Gasteiger charge is -2.29. The molecule has 0 atom stereocenters. The van der Waals surface area contributed by atoms with E-state index in [0.717, 1.165) is 47.7 Å². The van der Waals surface area contributed by atoms with Crippen LogP contribution in [0.1, 0.15) is 47.2 Å². The molecule has 2 aromatic heterocycles. The Bertz CT molecular complexity index is 1230. The third-order valence-corrected chi connectivity index (χ3v) is 6.03. The van der Waals surface area contributed by atoms with E-state index in [-0.39, 0.29) is 17.8 Å². The Morgan fingerprint density at radius 2 is 1.93 bits per heavy atom. The number of fused-ring (bicyclic) bond motifs is 3. The Balaban J connectivity index is 1.59. The zero-order chi connectivity index (χ0) is 20.7. The van der Waals surface area contributed by atoms with Crippen molar-refractivity contribution in [1.82, 2.24) is 24.9 Å². The van der Waals surface area contributed by atoms with E-state index >= 15 is 0 Å². The zero-order valence-corrected chi connectivity index (χ0v) is 16.8. The maximum absolute atomic E-state index is 13.4. The molecule has 0 spiro atoms. The Morgan fingerprint density at radius 3 is 2.70 bits per heavy atom. The molecule has 5 rings (SSSR count). The van der Waals surface area contributed by atoms with Crippen LogP contribution in [0.3, 0.4) is 0 Å². The van der Waals surface area contributed by atoms with Gasteiger partial charge >= 0.3 is 0 Å². The Labute approximate surface area is 173 Å². The molecule has 1 amide bonds. The summed E-state index contributed by atoms with van der Waals surface area (Å²) in [6.45, 7) is 2.45. The molecule has 152 valence electrons. The maximum Gasteiger partial charge on any atom is 0.254 e. The molecule has 30 heavy (non-hydrogen) atoms. The first kappa shape index (κ1) is 18.7. The number of aromatic nitrogens is 4. The minimum Gasteiger partial charge on any atom is -0.331 e. The van der Waals surface area contributed by atoms with Crippen molar-refractivity contribution in [3.05, 3.63) is 71.0 Å². The molecule has 1 saturated carbocycles. The van der Waals surface area contributed by atoms with E-state index in [9.17, 15) is 9.18 Å². The van der Waals surface area contributed by atoms with Gasteiger partial charge in [-0.3, -0.25) is 4.79 Å². The predicted octanol–water partition coefficient (Wildman–Crippen LogP) is 4.31. The van der Waals surface area contributed by atoms with Crippen LogP contribution in [-0.2, 0) is 6.54 Å². The number of tetrazole rings is 1. The molecular weight excluding hydrogens is 381 g/mol. The number of benzene rings is 2. The number of amides is 1. The number of hydrogen-bond donors (Lipinski definition) is 0. The van der Waals surface area contributed by atoms with Gasteiger partial charge in [-0.15, -0.1) is 5.10 Å². The molecule has 0 unspecified atom stereocenters. The minimum absolute atomic E-state index is 0.0862. The van der Waals surface area contributed by atoms with Crippen LogP contribution in [0, 0.1) is 12.7 Å². The number of hydrogen-bond acceptors (Lipinski definition) is 4. The Kier molecular flexibility index (Phi) is 4.65. The number of para-hydroxylation sites is 1. The largest absolute Gasteiger partial charge is 0.331 e. The highest BCUT2D eigenvalue weighted by Gasteiger charge is 2.28. The Morgan fingerprint density at radius 1 is 1.17 bits per heavy atom. The second-order valence-corrected chi connectivity index (χ2v) is 7.97. The lowest BCUT2D eigenvalue weighted by atomic mass is 10.1. The van der Waals surface area contributed by atoms with Crippen molar-refractivity contribution >= 4 is 22.5 Å². The Hall–Kier alpha value is -3.35. The number of carbonyl (C=O) groups excluding carboxylic acids is 1. The van der Waals surface area contributed by atoms with E-state index in [4.69, 9.17) is 0 Å². The summed E-state index contributed by atoms with van der Waals surface area (Å²) in [7, 11) is 0. The van der Waals surface area contributed by atoms with Gasteiger partial charge in [-0.05, 0) is 66.1 Å². The van der Waals surface area contributed by atoms with Crippen molar-refractivity contribution in [2.24, 2.45) is 0 Å². The lowest BCUT2D eigenvalue weighted by molar-refractivity contribution is 0.0665. The van der Waals surface area contributed by atoms with Crippen LogP contribution in [0.2, 0.25) is 0 Å². The second-order valence-electron chi connectivity index (χ2n) is 7.97. The summed E-state index contributed by atoms with van der Waals surface area (Å²) in [5, 5.41) is 13.4. The molecule has 2 heterocycles. The third kappa shape index (κ3) is 3.20. The van der Waals surface area contributed by atoms with Crippen LogP contribution in [0.4, 0.5) is 4.39 Å². The van der Waals surface area contributed by atoms with Crippen LogP contribution in [0.5, 0.6) is 0 Å². The highest BCUT2D eigenvalue weighted by molar-refractivity contribution is 5.94. The fraction of sp³-hybridized carbons (Fsp3) is 0.304. The van der Waals surface area contributed by atoms with E-state index in [1.165, 1.54) is 12.1 Å². The van der Waals surface area contributed by atoms with Crippen LogP contribution in [0.15, 0.2) is 48.5 Å². The standard InChI is InChI=1S/C23H22FN5O/c1-15-5-4-6-17-13-18(22-25-26-27-29(22)21(15)17)14-28(20-7-2-3-8-20)23(30)16-9-11-19(24)12-10-16/h4-6,9-13,20H,2-3,7-8,14H2,1H3. The fourth-order valence-electron chi connectivity index (χ4n) is 4.52. The molecule has 1 aliphatic rings. The van der Waals surface area contributed by atoms with Crippen molar-refractivity contribution in [2.45, 2.75) is 45.2 Å². The molecule has 0 bridgehead atoms. The van der Waals surface area contributed by atoms with Gasteiger partial charge in [0, 0.05) is 22.6 Å². The molecule has 4 aromatic rings. The van der Waals surface area contributed by atoms with Gasteiger partial charge in [-0.25, -0.2) is 4.39 Å². The molecule has 7 heteroatoms. The first-order chi connectivity index (χ1) is 14.6. The first-order valence-electron chi connectivity index (χ1n) is 10.3. The van der Waals surface area contributed by atoms with Crippen molar-refractivity contribution < 1.29 is 9.18 Å². The van der Waals surface area contributed by atoms with Gasteiger partial charge in [-0.2, -0.15) is 4.52 Å². The summed E-state index contributed by atoms with van der Waals surface area (Å²) >= 11 is 0. The minimum atomic E-state index is -0.347. The van der Waals surface area contributed by atoms with Gasteiger partial charge in [0.1, 0.15) is 5.82 Å². The lowest BCUT2D eigenvalue weighted by Crippen LogP contribution is -2.38. The smallest absolute Gasteiger partial charge is 0.254 e. The number of rotatable bonds is 4. The highest BCUT2D eigenvalue weighted by Crippen LogP contribution is 2.29. The van der Waals surface area contributed by atoms with Gasteiger partial charge in [0.15, 0.2) is 5.65 Å². The second kappa shape index (κ2) is 7.48. The summed E-state index contributed by atoms with van der Waals surface area (Å²) in [5.74, 6) is -0.433. The normalized spacial score (nSPS) is 14.6. The van der Waals surface area contributed by atoms with Crippen molar-refractivity contribution in [3.8, 4) is 0 Å². The average molecular weight is 403 g/mol. The van der Waals surface area contributed by atoms with E-state index < -0.39 is 0 Å². The summed E-state index contributed by atoms with van der Waals surface area (Å²) in [6, 6.07) is 14.1. The quantitative estimate of drug-likeness (QED) is 0.509. The van der Waals surface area contributed by atoms with E-state index in [2.05, 4.69) is 21.6 Å². The number of carbonyl (C=O) groups is 1. The van der Waals surface area contributed by atoms with Gasteiger partial charge in [0.25, 0.3) is 5.91 Å². The topological polar surface area (TPSA) is 63.4 Å². The predicted molar refractivity (Wildman–Crippen MR) is 112 cm³/mol. The van der Waals surface area contributed by atoms with Crippen molar-refractivity contribution in [2.75, 3.05) is 0 Å². The molecule has 0 N–H and O–H groups in total. The van der Waals surface area contributed by atoms with Crippen LogP contribution < -0.4 is 0 Å². The molecule has 1 fully saturated rings. The van der Waals surface area contributed by atoms with Crippen molar-refractivity contribution in [3.63, 3.8) is 0 Å². The zero-order valence-electron chi connectivity index (χ0n) is 16.8. The molecule has 0 saturated heterocycles. The van der Waals surface area contributed by atoms with Crippen LogP contribution in [0.25, 0.3) is 16.6 Å². The van der Waals surface area contributed by atoms with E-state index in [0.29, 0.717) is 17.8 Å². The number of pyridine rings is 1. The summed E-state index contributed by atoms with van der Waals surface area (Å²) in [5.41, 5.74) is 4.12. The van der Waals surface area contributed by atoms with Gasteiger partial charge in [-0.1, -0.05) is 31.0 Å².